The molecule has 0 spiro atoms. The number of carbonyl (C=O) groups is 1. The van der Waals surface area contributed by atoms with Gasteiger partial charge in [0.05, 0.1) is 6.54 Å². The minimum atomic E-state index is 0.0526. The van der Waals surface area contributed by atoms with E-state index in [0.29, 0.717) is 6.54 Å². The molecule has 0 bridgehead atoms. The second kappa shape index (κ2) is 9.60. The van der Waals surface area contributed by atoms with E-state index in [2.05, 4.69) is 17.6 Å². The van der Waals surface area contributed by atoms with E-state index in [1.54, 1.807) is 0 Å². The zero-order valence-electron chi connectivity index (χ0n) is 10.8. The van der Waals surface area contributed by atoms with Gasteiger partial charge in [0, 0.05) is 18.7 Å². The van der Waals surface area contributed by atoms with E-state index in [4.69, 9.17) is 5.11 Å². The molecule has 2 unspecified atom stereocenters. The van der Waals surface area contributed by atoms with E-state index < -0.39 is 0 Å². The van der Waals surface area contributed by atoms with Crippen LogP contribution in [0.1, 0.15) is 46.5 Å². The summed E-state index contributed by atoms with van der Waals surface area (Å²) in [5.74, 6) is 0.0526. The van der Waals surface area contributed by atoms with Crippen molar-refractivity contribution >= 4 is 5.91 Å². The molecule has 16 heavy (non-hydrogen) atoms. The highest BCUT2D eigenvalue weighted by molar-refractivity contribution is 5.78. The largest absolute Gasteiger partial charge is 0.396 e. The molecule has 0 aliphatic rings. The van der Waals surface area contributed by atoms with E-state index >= 15 is 0 Å². The van der Waals surface area contributed by atoms with Crippen LogP contribution < -0.4 is 10.6 Å². The molecule has 0 radical (unpaired) electrons. The number of rotatable bonds is 9. The van der Waals surface area contributed by atoms with Gasteiger partial charge in [0.2, 0.25) is 5.91 Å². The van der Waals surface area contributed by atoms with Crippen LogP contribution in [0.2, 0.25) is 0 Å². The van der Waals surface area contributed by atoms with Gasteiger partial charge in [0.15, 0.2) is 0 Å². The summed E-state index contributed by atoms with van der Waals surface area (Å²) in [5, 5.41) is 14.7. The fourth-order valence-corrected chi connectivity index (χ4v) is 1.60. The molecule has 0 fully saturated rings. The first-order valence-corrected chi connectivity index (χ1v) is 6.23. The summed E-state index contributed by atoms with van der Waals surface area (Å²) in [6, 6.07) is 0.534. The Balaban J connectivity index is 3.56. The lowest BCUT2D eigenvalue weighted by Gasteiger charge is -2.16. The summed E-state index contributed by atoms with van der Waals surface area (Å²) >= 11 is 0. The average molecular weight is 230 g/mol. The Kier molecular flexibility index (Phi) is 9.24. The van der Waals surface area contributed by atoms with Crippen LogP contribution in [-0.4, -0.2) is 36.2 Å². The fourth-order valence-electron chi connectivity index (χ4n) is 1.60. The van der Waals surface area contributed by atoms with Gasteiger partial charge in [-0.15, -0.1) is 0 Å². The van der Waals surface area contributed by atoms with Gasteiger partial charge in [0.25, 0.3) is 0 Å². The van der Waals surface area contributed by atoms with Gasteiger partial charge in [-0.2, -0.15) is 0 Å². The van der Waals surface area contributed by atoms with Crippen molar-refractivity contribution in [2.45, 2.75) is 58.5 Å². The minimum absolute atomic E-state index is 0.0526. The smallest absolute Gasteiger partial charge is 0.234 e. The molecule has 0 saturated heterocycles. The molecule has 0 aliphatic heterocycles. The summed E-state index contributed by atoms with van der Waals surface area (Å²) in [5.41, 5.74) is 0. The van der Waals surface area contributed by atoms with Gasteiger partial charge in [0.1, 0.15) is 0 Å². The lowest BCUT2D eigenvalue weighted by molar-refractivity contribution is -0.121. The molecule has 0 aromatic carbocycles. The zero-order valence-corrected chi connectivity index (χ0v) is 10.8. The van der Waals surface area contributed by atoms with Crippen molar-refractivity contribution in [3.8, 4) is 0 Å². The van der Waals surface area contributed by atoms with Crippen molar-refractivity contribution < 1.29 is 9.90 Å². The SMILES string of the molecule is CCCC(C)NC(=O)CNC(C)CCCO. The zero-order chi connectivity index (χ0) is 12.4. The van der Waals surface area contributed by atoms with Crippen LogP contribution in [0.3, 0.4) is 0 Å². The first-order chi connectivity index (χ1) is 7.60. The van der Waals surface area contributed by atoms with Crippen molar-refractivity contribution in [1.82, 2.24) is 10.6 Å². The second-order valence-corrected chi connectivity index (χ2v) is 4.41. The molecule has 0 aromatic rings. The highest BCUT2D eigenvalue weighted by atomic mass is 16.2. The molecule has 0 aromatic heterocycles. The third-order valence-corrected chi connectivity index (χ3v) is 2.54. The Morgan fingerprint density at radius 1 is 1.25 bits per heavy atom. The van der Waals surface area contributed by atoms with Crippen LogP contribution >= 0.6 is 0 Å². The summed E-state index contributed by atoms with van der Waals surface area (Å²) in [4.78, 5) is 11.5. The maximum atomic E-state index is 11.5. The molecule has 1 amide bonds. The third kappa shape index (κ3) is 8.68. The highest BCUT2D eigenvalue weighted by Crippen LogP contribution is 1.96. The Morgan fingerprint density at radius 2 is 1.94 bits per heavy atom. The molecule has 0 heterocycles. The van der Waals surface area contributed by atoms with Crippen LogP contribution in [-0.2, 0) is 4.79 Å². The number of amides is 1. The van der Waals surface area contributed by atoms with E-state index in [1.807, 2.05) is 13.8 Å². The summed E-state index contributed by atoms with van der Waals surface area (Å²) in [6.45, 7) is 6.74. The van der Waals surface area contributed by atoms with Crippen molar-refractivity contribution in [1.29, 1.82) is 0 Å². The van der Waals surface area contributed by atoms with Gasteiger partial charge in [-0.3, -0.25) is 4.79 Å². The molecule has 0 aliphatic carbocycles. The molecule has 4 nitrogen and oxygen atoms in total. The van der Waals surface area contributed by atoms with Gasteiger partial charge in [-0.25, -0.2) is 0 Å². The molecule has 0 rings (SSSR count). The Bertz CT molecular complexity index is 186. The first kappa shape index (κ1) is 15.4. The molecule has 96 valence electrons. The third-order valence-electron chi connectivity index (χ3n) is 2.54. The number of aliphatic hydroxyl groups is 1. The average Bonchev–Trinajstić information content (AvgIpc) is 2.23. The Morgan fingerprint density at radius 3 is 2.50 bits per heavy atom. The quantitative estimate of drug-likeness (QED) is 0.554. The molecule has 3 N–H and O–H groups in total. The monoisotopic (exact) mass is 230 g/mol. The maximum Gasteiger partial charge on any atom is 0.234 e. The standard InChI is InChI=1S/C12H26N2O2/c1-4-6-11(3)14-12(16)9-13-10(2)7-5-8-15/h10-11,13,15H,4-9H2,1-3H3,(H,14,16). The van der Waals surface area contributed by atoms with Crippen LogP contribution in [0, 0.1) is 0 Å². The first-order valence-electron chi connectivity index (χ1n) is 6.23. The second-order valence-electron chi connectivity index (χ2n) is 4.41. The summed E-state index contributed by atoms with van der Waals surface area (Å²) in [6.07, 6.45) is 3.78. The fraction of sp³-hybridized carbons (Fsp3) is 0.917. The molecule has 4 heteroatoms. The van der Waals surface area contributed by atoms with Gasteiger partial charge >= 0.3 is 0 Å². The Hall–Kier alpha value is -0.610. The van der Waals surface area contributed by atoms with Crippen molar-refractivity contribution in [3.63, 3.8) is 0 Å². The van der Waals surface area contributed by atoms with Gasteiger partial charge in [-0.1, -0.05) is 13.3 Å². The summed E-state index contributed by atoms with van der Waals surface area (Å²) in [7, 11) is 0. The lowest BCUT2D eigenvalue weighted by atomic mass is 10.2. The predicted octanol–water partition coefficient (Wildman–Crippen LogP) is 1.04. The number of hydrogen-bond acceptors (Lipinski definition) is 3. The topological polar surface area (TPSA) is 61.4 Å². The van der Waals surface area contributed by atoms with Crippen molar-refractivity contribution in [3.05, 3.63) is 0 Å². The number of nitrogens with one attached hydrogen (secondary N) is 2. The molecular weight excluding hydrogens is 204 g/mol. The van der Waals surface area contributed by atoms with E-state index in [1.165, 1.54) is 0 Å². The predicted molar refractivity (Wildman–Crippen MR) is 66.3 cm³/mol. The van der Waals surface area contributed by atoms with Gasteiger partial charge < -0.3 is 15.7 Å². The number of carbonyl (C=O) groups excluding carboxylic acids is 1. The van der Waals surface area contributed by atoms with Gasteiger partial charge in [-0.05, 0) is 33.1 Å². The Labute approximate surface area is 98.8 Å². The van der Waals surface area contributed by atoms with Crippen molar-refractivity contribution in [2.24, 2.45) is 0 Å². The minimum Gasteiger partial charge on any atom is -0.396 e. The van der Waals surface area contributed by atoms with E-state index in [0.717, 1.165) is 25.7 Å². The normalized spacial score (nSPS) is 14.5. The van der Waals surface area contributed by atoms with Crippen LogP contribution in [0.5, 0.6) is 0 Å². The molecular formula is C12H26N2O2. The van der Waals surface area contributed by atoms with E-state index in [9.17, 15) is 4.79 Å². The van der Waals surface area contributed by atoms with Crippen molar-refractivity contribution in [2.75, 3.05) is 13.2 Å². The van der Waals surface area contributed by atoms with Crippen LogP contribution in [0.15, 0.2) is 0 Å². The summed E-state index contributed by atoms with van der Waals surface area (Å²) < 4.78 is 0. The van der Waals surface area contributed by atoms with Crippen LogP contribution in [0.25, 0.3) is 0 Å². The van der Waals surface area contributed by atoms with Crippen LogP contribution in [0.4, 0.5) is 0 Å². The highest BCUT2D eigenvalue weighted by Gasteiger charge is 2.07. The maximum absolute atomic E-state index is 11.5. The molecule has 0 saturated carbocycles. The number of hydrogen-bond donors (Lipinski definition) is 3. The van der Waals surface area contributed by atoms with E-state index in [-0.39, 0.29) is 24.6 Å². The number of aliphatic hydroxyl groups excluding tert-OH is 1. The lowest BCUT2D eigenvalue weighted by Crippen LogP contribution is -2.41. The molecule has 2 atom stereocenters.